The summed E-state index contributed by atoms with van der Waals surface area (Å²) in [5, 5.41) is 7.56. The lowest BCUT2D eigenvalue weighted by Gasteiger charge is -2.29. The molecule has 9 nitrogen and oxygen atoms in total. The molecule has 2 aliphatic rings. The monoisotopic (exact) mass is 471 g/mol. The molecule has 2 aromatic rings. The van der Waals surface area contributed by atoms with Crippen molar-refractivity contribution in [1.29, 1.82) is 0 Å². The molecule has 1 aliphatic carbocycles. The number of hydrogen-bond acceptors (Lipinski definition) is 7. The topological polar surface area (TPSA) is 98.1 Å². The minimum Gasteiger partial charge on any atom is -0.464 e. The fourth-order valence-electron chi connectivity index (χ4n) is 5.00. The number of carbonyl (C=O) groups excluding carboxylic acids is 2. The van der Waals surface area contributed by atoms with E-state index in [-0.39, 0.29) is 36.5 Å². The van der Waals surface area contributed by atoms with E-state index in [1.165, 1.54) is 6.42 Å². The smallest absolute Gasteiger partial charge is 0.332 e. The normalized spacial score (nSPS) is 25.0. The number of pyridine rings is 1. The number of nitrogens with one attached hydrogen (secondary N) is 1. The van der Waals surface area contributed by atoms with Gasteiger partial charge >= 0.3 is 5.97 Å². The van der Waals surface area contributed by atoms with Crippen LogP contribution >= 0.6 is 0 Å². The zero-order valence-electron chi connectivity index (χ0n) is 20.8. The van der Waals surface area contributed by atoms with Gasteiger partial charge in [0.1, 0.15) is 6.61 Å². The Morgan fingerprint density at radius 3 is 2.85 bits per heavy atom. The highest BCUT2D eigenvalue weighted by atomic mass is 16.6. The fourth-order valence-corrected chi connectivity index (χ4v) is 5.00. The first-order valence-corrected chi connectivity index (χ1v) is 12.5. The van der Waals surface area contributed by atoms with Crippen LogP contribution in [0.4, 0.5) is 5.69 Å². The number of rotatable bonds is 8. The first-order valence-electron chi connectivity index (χ1n) is 12.5. The third kappa shape index (κ3) is 5.51. The van der Waals surface area contributed by atoms with Crippen molar-refractivity contribution in [2.75, 3.05) is 31.2 Å². The molecule has 0 aromatic carbocycles. The maximum Gasteiger partial charge on any atom is 0.332 e. The van der Waals surface area contributed by atoms with Crippen molar-refractivity contribution in [2.45, 2.75) is 78.4 Å². The van der Waals surface area contributed by atoms with E-state index in [1.54, 1.807) is 11.4 Å². The zero-order chi connectivity index (χ0) is 24.3. The Balaban J connectivity index is 1.40. The predicted octanol–water partition coefficient (Wildman–Crippen LogP) is 3.28. The van der Waals surface area contributed by atoms with Crippen molar-refractivity contribution in [1.82, 2.24) is 19.9 Å². The predicted molar refractivity (Wildman–Crippen MR) is 129 cm³/mol. The van der Waals surface area contributed by atoms with Gasteiger partial charge in [0.2, 0.25) is 5.82 Å². The molecule has 2 unspecified atom stereocenters. The third-order valence-corrected chi connectivity index (χ3v) is 7.29. The number of aryl methyl sites for hydroxylation is 1. The number of fused-ring (bicyclic) bond motifs is 1. The summed E-state index contributed by atoms with van der Waals surface area (Å²) in [4.78, 5) is 31.4. The lowest BCUT2D eigenvalue weighted by Crippen LogP contribution is -2.41. The summed E-state index contributed by atoms with van der Waals surface area (Å²) < 4.78 is 12.3. The summed E-state index contributed by atoms with van der Waals surface area (Å²) in [5.41, 5.74) is 3.16. The van der Waals surface area contributed by atoms with E-state index in [1.807, 2.05) is 13.1 Å². The molecule has 0 bridgehead atoms. The number of amides is 1. The molecular weight excluding hydrogens is 434 g/mol. The SMILES string of the molecule is CCOC(=O)COC1CCCC(NC(=O)c2nc3c(C)cc(N4CC[C@](C)(CC)C4)cn3n2)C1. The van der Waals surface area contributed by atoms with Crippen LogP contribution in [0.15, 0.2) is 12.3 Å². The minimum absolute atomic E-state index is 0.0342. The van der Waals surface area contributed by atoms with Gasteiger partial charge in [-0.15, -0.1) is 5.10 Å². The molecule has 1 amide bonds. The van der Waals surface area contributed by atoms with E-state index in [0.29, 0.717) is 24.1 Å². The number of anilines is 1. The molecular formula is C25H37N5O4. The second kappa shape index (κ2) is 10.3. The van der Waals surface area contributed by atoms with Crippen molar-refractivity contribution in [3.63, 3.8) is 0 Å². The van der Waals surface area contributed by atoms with E-state index in [2.05, 4.69) is 40.2 Å². The highest BCUT2D eigenvalue weighted by Gasteiger charge is 2.32. The molecule has 0 radical (unpaired) electrons. The number of ether oxygens (including phenoxy) is 2. The fraction of sp³-hybridized carbons (Fsp3) is 0.680. The largest absolute Gasteiger partial charge is 0.464 e. The molecule has 9 heteroatoms. The van der Waals surface area contributed by atoms with E-state index in [9.17, 15) is 9.59 Å². The van der Waals surface area contributed by atoms with Gasteiger partial charge in [-0.3, -0.25) is 4.79 Å². The first-order chi connectivity index (χ1) is 16.3. The Kier molecular flexibility index (Phi) is 7.40. The maximum atomic E-state index is 12.9. The van der Waals surface area contributed by atoms with E-state index >= 15 is 0 Å². The second-order valence-electron chi connectivity index (χ2n) is 10.00. The Bertz CT molecular complexity index is 1040. The van der Waals surface area contributed by atoms with Crippen LogP contribution in [0.3, 0.4) is 0 Å². The van der Waals surface area contributed by atoms with Crippen LogP contribution in [-0.4, -0.2) is 64.9 Å². The van der Waals surface area contributed by atoms with Crippen LogP contribution in [-0.2, 0) is 14.3 Å². The van der Waals surface area contributed by atoms with Crippen molar-refractivity contribution >= 4 is 23.2 Å². The van der Waals surface area contributed by atoms with Gasteiger partial charge < -0.3 is 19.7 Å². The van der Waals surface area contributed by atoms with E-state index < -0.39 is 0 Å². The van der Waals surface area contributed by atoms with Gasteiger partial charge in [-0.05, 0) is 69.4 Å². The summed E-state index contributed by atoms with van der Waals surface area (Å²) >= 11 is 0. The number of hydrogen-bond donors (Lipinski definition) is 1. The Labute approximate surface area is 201 Å². The lowest BCUT2D eigenvalue weighted by atomic mass is 9.87. The Morgan fingerprint density at radius 1 is 1.29 bits per heavy atom. The van der Waals surface area contributed by atoms with Gasteiger partial charge in [0.25, 0.3) is 5.91 Å². The van der Waals surface area contributed by atoms with Crippen LogP contribution in [0.5, 0.6) is 0 Å². The molecule has 1 saturated heterocycles. The molecule has 1 N–H and O–H groups in total. The number of nitrogens with zero attached hydrogens (tertiary/aromatic N) is 4. The van der Waals surface area contributed by atoms with Gasteiger partial charge in [-0.2, -0.15) is 0 Å². The van der Waals surface area contributed by atoms with E-state index in [4.69, 9.17) is 9.47 Å². The molecule has 186 valence electrons. The molecule has 3 atom stereocenters. The molecule has 3 heterocycles. The number of esters is 1. The highest BCUT2D eigenvalue weighted by Crippen LogP contribution is 2.36. The van der Waals surface area contributed by atoms with Crippen molar-refractivity contribution in [3.05, 3.63) is 23.7 Å². The van der Waals surface area contributed by atoms with Crippen molar-refractivity contribution < 1.29 is 19.1 Å². The summed E-state index contributed by atoms with van der Waals surface area (Å²) in [6, 6.07) is 2.10. The third-order valence-electron chi connectivity index (χ3n) is 7.29. The quantitative estimate of drug-likeness (QED) is 0.590. The van der Waals surface area contributed by atoms with Gasteiger partial charge in [-0.25, -0.2) is 14.3 Å². The Morgan fingerprint density at radius 2 is 2.12 bits per heavy atom. The highest BCUT2D eigenvalue weighted by molar-refractivity contribution is 5.91. The van der Waals surface area contributed by atoms with Crippen LogP contribution < -0.4 is 10.2 Å². The van der Waals surface area contributed by atoms with Crippen LogP contribution in [0.25, 0.3) is 5.65 Å². The van der Waals surface area contributed by atoms with Gasteiger partial charge in [0, 0.05) is 19.1 Å². The van der Waals surface area contributed by atoms with Gasteiger partial charge in [-0.1, -0.05) is 13.8 Å². The molecule has 1 saturated carbocycles. The summed E-state index contributed by atoms with van der Waals surface area (Å²) in [6.45, 7) is 10.7. The summed E-state index contributed by atoms with van der Waals surface area (Å²) in [7, 11) is 0. The summed E-state index contributed by atoms with van der Waals surface area (Å²) in [6.07, 6.45) is 7.56. The van der Waals surface area contributed by atoms with Gasteiger partial charge in [0.15, 0.2) is 5.65 Å². The zero-order valence-corrected chi connectivity index (χ0v) is 20.8. The maximum absolute atomic E-state index is 12.9. The van der Waals surface area contributed by atoms with Crippen LogP contribution in [0, 0.1) is 12.3 Å². The Hall–Kier alpha value is -2.68. The summed E-state index contributed by atoms with van der Waals surface area (Å²) in [5.74, 6) is -0.458. The second-order valence-corrected chi connectivity index (χ2v) is 10.00. The first kappa shape index (κ1) is 24.4. The average molecular weight is 472 g/mol. The van der Waals surface area contributed by atoms with Crippen LogP contribution in [0.1, 0.15) is 75.5 Å². The molecule has 2 fully saturated rings. The number of carbonyl (C=O) groups is 2. The van der Waals surface area contributed by atoms with Crippen molar-refractivity contribution in [3.8, 4) is 0 Å². The molecule has 34 heavy (non-hydrogen) atoms. The van der Waals surface area contributed by atoms with E-state index in [0.717, 1.165) is 50.0 Å². The molecule has 2 aromatic heterocycles. The standard InChI is InChI=1S/C25H37N5O4/c1-5-25(4)10-11-29(16-25)19-12-17(3)23-27-22(28-30(23)14-19)24(32)26-18-8-7-9-20(13-18)34-15-21(31)33-6-2/h12,14,18,20H,5-11,13,15-16H2,1-4H3,(H,26,32)/t18?,20?,25-/m0/s1. The minimum atomic E-state index is -0.356. The molecule has 1 aliphatic heterocycles. The van der Waals surface area contributed by atoms with Crippen LogP contribution in [0.2, 0.25) is 0 Å². The number of aromatic nitrogens is 3. The van der Waals surface area contributed by atoms with Crippen molar-refractivity contribution in [2.24, 2.45) is 5.41 Å². The lowest BCUT2D eigenvalue weighted by molar-refractivity contribution is -0.151. The average Bonchev–Trinajstić information content (AvgIpc) is 3.43. The molecule has 0 spiro atoms. The van der Waals surface area contributed by atoms with Gasteiger partial charge in [0.05, 0.1) is 24.6 Å². The molecule has 4 rings (SSSR count).